The highest BCUT2D eigenvalue weighted by Crippen LogP contribution is 2.01. The van der Waals surface area contributed by atoms with Crippen molar-refractivity contribution in [3.8, 4) is 0 Å². The summed E-state index contributed by atoms with van der Waals surface area (Å²) in [5.41, 5.74) is -0.317. The zero-order valence-electron chi connectivity index (χ0n) is 13.3. The lowest BCUT2D eigenvalue weighted by atomic mass is 10.2. The minimum absolute atomic E-state index is 0.0423. The zero-order chi connectivity index (χ0) is 16.2. The van der Waals surface area contributed by atoms with E-state index in [0.29, 0.717) is 12.0 Å². The number of hydrogen-bond acceptors (Lipinski definition) is 4. The third-order valence-electron chi connectivity index (χ3n) is 3.38. The van der Waals surface area contributed by atoms with Crippen molar-refractivity contribution in [3.05, 3.63) is 32.6 Å². The van der Waals surface area contributed by atoms with Gasteiger partial charge in [0, 0.05) is 39.8 Å². The molecule has 1 unspecified atom stereocenters. The highest BCUT2D eigenvalue weighted by atomic mass is 16.2. The van der Waals surface area contributed by atoms with E-state index in [1.807, 2.05) is 13.8 Å². The standard InChI is InChI=1S/C14H24N4O3/c1-6-15-10(2)7-12(19)16(3)8-11-9-17(4)14(21)18(5)13(11)20/h9-10,15H,6-8H2,1-5H3. The number of carbonyl (C=O) groups is 1. The van der Waals surface area contributed by atoms with E-state index in [9.17, 15) is 14.4 Å². The van der Waals surface area contributed by atoms with E-state index in [1.54, 1.807) is 14.1 Å². The average Bonchev–Trinajstić information content (AvgIpc) is 2.42. The van der Waals surface area contributed by atoms with Crippen LogP contribution in [0.3, 0.4) is 0 Å². The second kappa shape index (κ2) is 7.21. The maximum absolute atomic E-state index is 12.1. The van der Waals surface area contributed by atoms with E-state index in [0.717, 1.165) is 11.1 Å². The topological polar surface area (TPSA) is 76.3 Å². The molecule has 0 saturated carbocycles. The number of nitrogens with zero attached hydrogens (tertiary/aromatic N) is 3. The maximum atomic E-state index is 12.1. The Morgan fingerprint density at radius 2 is 2.00 bits per heavy atom. The van der Waals surface area contributed by atoms with Gasteiger partial charge in [0.25, 0.3) is 5.56 Å². The Labute approximate surface area is 124 Å². The van der Waals surface area contributed by atoms with Crippen LogP contribution in [-0.4, -0.2) is 39.6 Å². The molecule has 1 aromatic heterocycles. The Balaban J connectivity index is 2.84. The molecule has 0 aliphatic rings. The number of rotatable bonds is 6. The third kappa shape index (κ3) is 4.29. The predicted octanol–water partition coefficient (Wildman–Crippen LogP) is -0.569. The van der Waals surface area contributed by atoms with Crippen molar-refractivity contribution >= 4 is 5.91 Å². The molecule has 1 rings (SSSR count). The summed E-state index contributed by atoms with van der Waals surface area (Å²) in [7, 11) is 4.68. The fourth-order valence-electron chi connectivity index (χ4n) is 2.17. The van der Waals surface area contributed by atoms with Crippen LogP contribution in [0.1, 0.15) is 25.8 Å². The summed E-state index contributed by atoms with van der Waals surface area (Å²) in [6, 6.07) is 0.0907. The Bertz CT molecular complexity index is 618. The first-order valence-electron chi connectivity index (χ1n) is 7.00. The van der Waals surface area contributed by atoms with E-state index in [4.69, 9.17) is 0 Å². The van der Waals surface area contributed by atoms with Gasteiger partial charge in [0.1, 0.15) is 0 Å². The molecule has 0 spiro atoms. The molecule has 1 amide bonds. The first-order chi connectivity index (χ1) is 9.77. The van der Waals surface area contributed by atoms with Crippen molar-refractivity contribution in [1.29, 1.82) is 0 Å². The lowest BCUT2D eigenvalue weighted by molar-refractivity contribution is -0.130. The van der Waals surface area contributed by atoms with Crippen molar-refractivity contribution < 1.29 is 4.79 Å². The molecule has 0 aromatic carbocycles. The Morgan fingerprint density at radius 3 is 2.57 bits per heavy atom. The van der Waals surface area contributed by atoms with Crippen LogP contribution in [0.2, 0.25) is 0 Å². The van der Waals surface area contributed by atoms with Crippen LogP contribution in [0.25, 0.3) is 0 Å². The van der Waals surface area contributed by atoms with Crippen LogP contribution in [0.5, 0.6) is 0 Å². The number of nitrogens with one attached hydrogen (secondary N) is 1. The number of carbonyl (C=O) groups excluding carboxylic acids is 1. The van der Waals surface area contributed by atoms with E-state index in [1.165, 1.54) is 22.7 Å². The molecule has 0 bridgehead atoms. The fraction of sp³-hybridized carbons (Fsp3) is 0.643. The molecule has 0 saturated heterocycles. The van der Waals surface area contributed by atoms with Gasteiger partial charge >= 0.3 is 5.69 Å². The van der Waals surface area contributed by atoms with Crippen LogP contribution in [-0.2, 0) is 25.4 Å². The van der Waals surface area contributed by atoms with Crippen LogP contribution >= 0.6 is 0 Å². The molecule has 1 N–H and O–H groups in total. The summed E-state index contributed by atoms with van der Waals surface area (Å²) in [5, 5.41) is 3.17. The minimum atomic E-state index is -0.376. The molecule has 21 heavy (non-hydrogen) atoms. The second-order valence-corrected chi connectivity index (χ2v) is 5.32. The first-order valence-corrected chi connectivity index (χ1v) is 7.00. The fourth-order valence-corrected chi connectivity index (χ4v) is 2.17. The molecule has 1 heterocycles. The van der Waals surface area contributed by atoms with Gasteiger partial charge in [-0.2, -0.15) is 0 Å². The summed E-state index contributed by atoms with van der Waals surface area (Å²) >= 11 is 0. The Morgan fingerprint density at radius 1 is 1.38 bits per heavy atom. The van der Waals surface area contributed by atoms with Gasteiger partial charge in [-0.25, -0.2) is 4.79 Å². The minimum Gasteiger partial charge on any atom is -0.341 e. The van der Waals surface area contributed by atoms with Crippen molar-refractivity contribution in [2.45, 2.75) is 32.9 Å². The Hall–Kier alpha value is -1.89. The third-order valence-corrected chi connectivity index (χ3v) is 3.38. The maximum Gasteiger partial charge on any atom is 0.330 e. The van der Waals surface area contributed by atoms with Crippen molar-refractivity contribution in [3.63, 3.8) is 0 Å². The summed E-state index contributed by atoms with van der Waals surface area (Å²) in [5.74, 6) is -0.0423. The van der Waals surface area contributed by atoms with Crippen molar-refractivity contribution in [2.24, 2.45) is 14.1 Å². The number of aromatic nitrogens is 2. The van der Waals surface area contributed by atoms with Gasteiger partial charge in [0.15, 0.2) is 0 Å². The number of aryl methyl sites for hydroxylation is 1. The highest BCUT2D eigenvalue weighted by molar-refractivity contribution is 5.76. The molecule has 0 radical (unpaired) electrons. The van der Waals surface area contributed by atoms with Gasteiger partial charge in [0.2, 0.25) is 5.91 Å². The smallest absolute Gasteiger partial charge is 0.330 e. The lowest BCUT2D eigenvalue weighted by Crippen LogP contribution is -2.41. The number of amides is 1. The SMILES string of the molecule is CCNC(C)CC(=O)N(C)Cc1cn(C)c(=O)n(C)c1=O. The van der Waals surface area contributed by atoms with Crippen LogP contribution in [0.4, 0.5) is 0 Å². The van der Waals surface area contributed by atoms with Crippen molar-refractivity contribution in [1.82, 2.24) is 19.4 Å². The van der Waals surface area contributed by atoms with Gasteiger partial charge < -0.3 is 14.8 Å². The predicted molar refractivity (Wildman–Crippen MR) is 81.2 cm³/mol. The van der Waals surface area contributed by atoms with Gasteiger partial charge in [-0.15, -0.1) is 0 Å². The van der Waals surface area contributed by atoms with E-state index >= 15 is 0 Å². The van der Waals surface area contributed by atoms with E-state index in [-0.39, 0.29) is 29.7 Å². The highest BCUT2D eigenvalue weighted by Gasteiger charge is 2.15. The number of hydrogen-bond donors (Lipinski definition) is 1. The van der Waals surface area contributed by atoms with Crippen LogP contribution in [0.15, 0.2) is 15.8 Å². The molecule has 0 aliphatic heterocycles. The molecule has 0 fully saturated rings. The molecule has 1 aromatic rings. The van der Waals surface area contributed by atoms with Gasteiger partial charge in [0.05, 0.1) is 12.1 Å². The van der Waals surface area contributed by atoms with Crippen LogP contribution in [0, 0.1) is 0 Å². The largest absolute Gasteiger partial charge is 0.341 e. The molecule has 7 nitrogen and oxygen atoms in total. The lowest BCUT2D eigenvalue weighted by Gasteiger charge is -2.20. The van der Waals surface area contributed by atoms with Gasteiger partial charge in [-0.1, -0.05) is 6.92 Å². The summed E-state index contributed by atoms with van der Waals surface area (Å²) in [6.07, 6.45) is 1.86. The van der Waals surface area contributed by atoms with Gasteiger partial charge in [-0.3, -0.25) is 14.2 Å². The molecular weight excluding hydrogens is 272 g/mol. The Kier molecular flexibility index (Phi) is 5.90. The zero-order valence-corrected chi connectivity index (χ0v) is 13.3. The summed E-state index contributed by atoms with van der Waals surface area (Å²) in [4.78, 5) is 37.2. The van der Waals surface area contributed by atoms with E-state index in [2.05, 4.69) is 5.32 Å². The normalized spacial score (nSPS) is 12.2. The van der Waals surface area contributed by atoms with Gasteiger partial charge in [-0.05, 0) is 13.5 Å². The molecular formula is C14H24N4O3. The summed E-state index contributed by atoms with van der Waals surface area (Å²) in [6.45, 7) is 4.93. The van der Waals surface area contributed by atoms with Crippen LogP contribution < -0.4 is 16.6 Å². The summed E-state index contributed by atoms with van der Waals surface area (Å²) < 4.78 is 2.39. The molecule has 1 atom stereocenters. The molecule has 7 heteroatoms. The second-order valence-electron chi connectivity index (χ2n) is 5.32. The van der Waals surface area contributed by atoms with Crippen molar-refractivity contribution in [2.75, 3.05) is 13.6 Å². The first kappa shape index (κ1) is 17.2. The molecule has 118 valence electrons. The van der Waals surface area contributed by atoms with E-state index < -0.39 is 0 Å². The quantitative estimate of drug-likeness (QED) is 0.763. The average molecular weight is 296 g/mol. The monoisotopic (exact) mass is 296 g/mol. The molecule has 0 aliphatic carbocycles.